The fourth-order valence-corrected chi connectivity index (χ4v) is 3.36. The van der Waals surface area contributed by atoms with E-state index >= 15 is 0 Å². The number of anilines is 1. The van der Waals surface area contributed by atoms with E-state index in [1.807, 2.05) is 19.1 Å². The van der Waals surface area contributed by atoms with Crippen molar-refractivity contribution >= 4 is 36.4 Å². The second-order valence-electron chi connectivity index (χ2n) is 6.71. The van der Waals surface area contributed by atoms with E-state index in [1.54, 1.807) is 0 Å². The molecule has 0 aromatic heterocycles. The van der Waals surface area contributed by atoms with Crippen LogP contribution in [0.3, 0.4) is 0 Å². The lowest BCUT2D eigenvalue weighted by Crippen LogP contribution is -2.54. The van der Waals surface area contributed by atoms with Crippen LogP contribution in [0.5, 0.6) is 0 Å². The SMILES string of the molecule is CC(C(=O)NCC1=CCNCC1)N1CCN(c2ccc(F)cc2)CC1.Cl.Cl. The molecule has 1 saturated heterocycles. The predicted octanol–water partition coefficient (Wildman–Crippen LogP) is 2.22. The van der Waals surface area contributed by atoms with Crippen molar-refractivity contribution < 1.29 is 9.18 Å². The minimum Gasteiger partial charge on any atom is -0.369 e. The Bertz CT molecular complexity index is 619. The molecule has 2 aliphatic heterocycles. The number of rotatable bonds is 5. The van der Waals surface area contributed by atoms with E-state index in [0.29, 0.717) is 6.54 Å². The van der Waals surface area contributed by atoms with E-state index in [2.05, 4.69) is 26.5 Å². The van der Waals surface area contributed by atoms with Crippen LogP contribution in [-0.4, -0.2) is 62.7 Å². The number of nitrogens with one attached hydrogen (secondary N) is 2. The summed E-state index contributed by atoms with van der Waals surface area (Å²) < 4.78 is 13.0. The molecule has 0 saturated carbocycles. The van der Waals surface area contributed by atoms with Gasteiger partial charge in [-0.2, -0.15) is 0 Å². The van der Waals surface area contributed by atoms with Crippen molar-refractivity contribution in [3.8, 4) is 0 Å². The lowest BCUT2D eigenvalue weighted by Gasteiger charge is -2.38. The van der Waals surface area contributed by atoms with Gasteiger partial charge in [0.15, 0.2) is 0 Å². The molecule has 0 spiro atoms. The van der Waals surface area contributed by atoms with Gasteiger partial charge in [0, 0.05) is 45.0 Å². The first-order chi connectivity index (χ1) is 12.1. The zero-order chi connectivity index (χ0) is 17.6. The van der Waals surface area contributed by atoms with Crippen molar-refractivity contribution in [3.05, 3.63) is 41.7 Å². The van der Waals surface area contributed by atoms with Gasteiger partial charge in [0.25, 0.3) is 0 Å². The number of benzene rings is 1. The molecule has 5 nitrogen and oxygen atoms in total. The van der Waals surface area contributed by atoms with Crippen LogP contribution in [0.25, 0.3) is 0 Å². The van der Waals surface area contributed by atoms with E-state index < -0.39 is 0 Å². The Kier molecular flexibility index (Phi) is 10.1. The van der Waals surface area contributed by atoms with Gasteiger partial charge in [-0.15, -0.1) is 24.8 Å². The Labute approximate surface area is 173 Å². The summed E-state index contributed by atoms with van der Waals surface area (Å²) in [6.07, 6.45) is 3.17. The zero-order valence-corrected chi connectivity index (χ0v) is 17.3. The number of nitrogens with zero attached hydrogens (tertiary/aromatic N) is 2. The van der Waals surface area contributed by atoms with E-state index in [-0.39, 0.29) is 42.6 Å². The molecule has 0 bridgehead atoms. The van der Waals surface area contributed by atoms with Crippen LogP contribution < -0.4 is 15.5 Å². The number of amides is 1. The summed E-state index contributed by atoms with van der Waals surface area (Å²) in [5, 5.41) is 6.34. The van der Waals surface area contributed by atoms with E-state index in [1.165, 1.54) is 17.7 Å². The highest BCUT2D eigenvalue weighted by Crippen LogP contribution is 2.17. The van der Waals surface area contributed by atoms with Gasteiger partial charge >= 0.3 is 0 Å². The maximum Gasteiger partial charge on any atom is 0.237 e. The van der Waals surface area contributed by atoms with Crippen LogP contribution in [0.1, 0.15) is 13.3 Å². The van der Waals surface area contributed by atoms with Gasteiger partial charge in [-0.25, -0.2) is 4.39 Å². The Morgan fingerprint density at radius 2 is 1.85 bits per heavy atom. The van der Waals surface area contributed by atoms with Crippen LogP contribution in [0.15, 0.2) is 35.9 Å². The average Bonchev–Trinajstić information content (AvgIpc) is 2.67. The van der Waals surface area contributed by atoms with Crippen molar-refractivity contribution in [2.45, 2.75) is 19.4 Å². The molecule has 3 rings (SSSR count). The van der Waals surface area contributed by atoms with Gasteiger partial charge < -0.3 is 15.5 Å². The number of carbonyl (C=O) groups is 1. The topological polar surface area (TPSA) is 47.6 Å². The third kappa shape index (κ3) is 6.64. The fraction of sp³-hybridized carbons (Fsp3) is 0.526. The van der Waals surface area contributed by atoms with Gasteiger partial charge in [0.05, 0.1) is 6.04 Å². The van der Waals surface area contributed by atoms with Crippen molar-refractivity contribution in [2.75, 3.05) is 50.7 Å². The number of hydrogen-bond acceptors (Lipinski definition) is 4. The minimum absolute atomic E-state index is 0. The predicted molar refractivity (Wildman–Crippen MR) is 113 cm³/mol. The molecule has 8 heteroatoms. The van der Waals surface area contributed by atoms with Gasteiger partial charge in [-0.3, -0.25) is 9.69 Å². The molecule has 2 heterocycles. The molecule has 0 aliphatic carbocycles. The molecule has 1 aromatic rings. The minimum atomic E-state index is -0.212. The first-order valence-corrected chi connectivity index (χ1v) is 9.04. The summed E-state index contributed by atoms with van der Waals surface area (Å²) in [6, 6.07) is 6.49. The maximum absolute atomic E-state index is 13.0. The highest BCUT2D eigenvalue weighted by Gasteiger charge is 2.25. The molecule has 27 heavy (non-hydrogen) atoms. The lowest BCUT2D eigenvalue weighted by molar-refractivity contribution is -0.125. The van der Waals surface area contributed by atoms with Gasteiger partial charge in [-0.1, -0.05) is 11.6 Å². The molecule has 1 fully saturated rings. The quantitative estimate of drug-likeness (QED) is 0.719. The molecule has 1 unspecified atom stereocenters. The zero-order valence-electron chi connectivity index (χ0n) is 15.6. The standard InChI is InChI=1S/C19H27FN4O.2ClH/c1-15(19(25)22-14-16-6-8-21-9-7-16)23-10-12-24(13-11-23)18-4-2-17(20)3-5-18;;/h2-6,15,21H,7-14H2,1H3,(H,22,25);2*1H. The van der Waals surface area contributed by atoms with Crippen LogP contribution in [-0.2, 0) is 4.79 Å². The summed E-state index contributed by atoms with van der Waals surface area (Å²) in [7, 11) is 0. The molecule has 1 aromatic carbocycles. The van der Waals surface area contributed by atoms with E-state index in [0.717, 1.165) is 51.4 Å². The molecule has 2 N–H and O–H groups in total. The Balaban J connectivity index is 0.00000182. The summed E-state index contributed by atoms with van der Waals surface area (Å²) in [4.78, 5) is 16.9. The smallest absolute Gasteiger partial charge is 0.237 e. The number of piperazine rings is 1. The van der Waals surface area contributed by atoms with Gasteiger partial charge in [0.2, 0.25) is 5.91 Å². The van der Waals surface area contributed by atoms with Crippen LogP contribution >= 0.6 is 24.8 Å². The third-order valence-electron chi connectivity index (χ3n) is 5.08. The second-order valence-corrected chi connectivity index (χ2v) is 6.71. The summed E-state index contributed by atoms with van der Waals surface area (Å²) in [5.41, 5.74) is 2.34. The van der Waals surface area contributed by atoms with E-state index in [9.17, 15) is 9.18 Å². The van der Waals surface area contributed by atoms with Crippen LogP contribution in [0, 0.1) is 5.82 Å². The fourth-order valence-electron chi connectivity index (χ4n) is 3.36. The number of hydrogen-bond donors (Lipinski definition) is 2. The number of halogens is 3. The Morgan fingerprint density at radius 3 is 2.44 bits per heavy atom. The van der Waals surface area contributed by atoms with Crippen molar-refractivity contribution in [1.82, 2.24) is 15.5 Å². The maximum atomic E-state index is 13.0. The average molecular weight is 419 g/mol. The van der Waals surface area contributed by atoms with Crippen molar-refractivity contribution in [2.24, 2.45) is 0 Å². The monoisotopic (exact) mass is 418 g/mol. The molecule has 2 aliphatic rings. The van der Waals surface area contributed by atoms with E-state index in [4.69, 9.17) is 0 Å². The highest BCUT2D eigenvalue weighted by molar-refractivity contribution is 5.85. The molecular formula is C19H29Cl2FN4O. The number of carbonyl (C=O) groups excluding carboxylic acids is 1. The highest BCUT2D eigenvalue weighted by atomic mass is 35.5. The third-order valence-corrected chi connectivity index (χ3v) is 5.08. The first-order valence-electron chi connectivity index (χ1n) is 9.04. The summed E-state index contributed by atoms with van der Waals surface area (Å²) in [5.74, 6) is -0.119. The summed E-state index contributed by atoms with van der Waals surface area (Å²) >= 11 is 0. The molecule has 1 amide bonds. The Morgan fingerprint density at radius 1 is 1.19 bits per heavy atom. The first kappa shape index (κ1) is 23.7. The molecule has 1 atom stereocenters. The van der Waals surface area contributed by atoms with Gasteiger partial charge in [-0.05, 0) is 44.2 Å². The lowest BCUT2D eigenvalue weighted by atomic mass is 10.1. The van der Waals surface area contributed by atoms with Crippen LogP contribution in [0.2, 0.25) is 0 Å². The second kappa shape index (κ2) is 11.5. The van der Waals surface area contributed by atoms with Crippen molar-refractivity contribution in [3.63, 3.8) is 0 Å². The normalized spacial score (nSPS) is 18.6. The molecule has 0 radical (unpaired) electrons. The largest absolute Gasteiger partial charge is 0.369 e. The Hall–Kier alpha value is -1.34. The van der Waals surface area contributed by atoms with Gasteiger partial charge in [0.1, 0.15) is 5.82 Å². The molecular weight excluding hydrogens is 390 g/mol. The van der Waals surface area contributed by atoms with Crippen LogP contribution in [0.4, 0.5) is 10.1 Å². The van der Waals surface area contributed by atoms with Crippen molar-refractivity contribution in [1.29, 1.82) is 0 Å². The molecule has 152 valence electrons. The summed E-state index contributed by atoms with van der Waals surface area (Å²) in [6.45, 7) is 7.87.